The molecule has 1 N–H and O–H groups in total. The van der Waals surface area contributed by atoms with Crippen LogP contribution in [0, 0.1) is 5.82 Å². The molecule has 1 heterocycles. The van der Waals surface area contributed by atoms with Gasteiger partial charge in [-0.1, -0.05) is 24.3 Å². The quantitative estimate of drug-likeness (QED) is 0.871. The van der Waals surface area contributed by atoms with Crippen LogP contribution in [0.5, 0.6) is 5.75 Å². The van der Waals surface area contributed by atoms with Gasteiger partial charge in [0.15, 0.2) is 0 Å². The van der Waals surface area contributed by atoms with Crippen molar-refractivity contribution in [1.82, 2.24) is 10.2 Å². The Bertz CT molecular complexity index is 747. The van der Waals surface area contributed by atoms with E-state index < -0.39 is 0 Å². The zero-order chi connectivity index (χ0) is 18.7. The summed E-state index contributed by atoms with van der Waals surface area (Å²) in [4.78, 5) is 2.68. The smallest absolute Gasteiger partial charge is 0.123 e. The minimum absolute atomic E-state index is 0.0766. The van der Waals surface area contributed by atoms with E-state index in [4.69, 9.17) is 4.74 Å². The summed E-state index contributed by atoms with van der Waals surface area (Å²) in [7, 11) is 1.74. The van der Waals surface area contributed by atoms with Crippen LogP contribution in [0.1, 0.15) is 42.7 Å². The molecule has 2 aromatic rings. The zero-order valence-electron chi connectivity index (χ0n) is 16.1. The number of ether oxygens (including phenoxy) is 1. The second-order valence-electron chi connectivity index (χ2n) is 7.83. The molecular formula is C23H29FN2O. The Kier molecular flexibility index (Phi) is 5.46. The lowest BCUT2D eigenvalue weighted by molar-refractivity contribution is 0.0311. The van der Waals surface area contributed by atoms with Gasteiger partial charge in [0, 0.05) is 31.7 Å². The maximum absolute atomic E-state index is 13.3. The number of benzene rings is 2. The first-order valence-corrected chi connectivity index (χ1v) is 10.1. The molecule has 0 spiro atoms. The van der Waals surface area contributed by atoms with Crippen LogP contribution >= 0.6 is 0 Å². The van der Waals surface area contributed by atoms with Crippen LogP contribution in [-0.4, -0.2) is 38.2 Å². The van der Waals surface area contributed by atoms with Gasteiger partial charge in [-0.05, 0) is 67.0 Å². The molecule has 1 aliphatic carbocycles. The molecule has 4 rings (SSSR count). The van der Waals surface area contributed by atoms with Gasteiger partial charge in [-0.25, -0.2) is 4.39 Å². The van der Waals surface area contributed by atoms with Crippen LogP contribution in [0.4, 0.5) is 4.39 Å². The van der Waals surface area contributed by atoms with Crippen molar-refractivity contribution in [2.24, 2.45) is 0 Å². The number of nitrogens with zero attached hydrogens (tertiary/aromatic N) is 1. The molecule has 3 nitrogen and oxygen atoms in total. The molecule has 4 heteroatoms. The van der Waals surface area contributed by atoms with Gasteiger partial charge in [0.1, 0.15) is 11.6 Å². The van der Waals surface area contributed by atoms with Crippen molar-refractivity contribution in [3.05, 3.63) is 65.5 Å². The molecule has 0 bridgehead atoms. The maximum Gasteiger partial charge on any atom is 0.123 e. The van der Waals surface area contributed by atoms with Crippen LogP contribution in [0.25, 0.3) is 0 Å². The molecule has 0 atom stereocenters. The first-order chi connectivity index (χ1) is 13.2. The van der Waals surface area contributed by atoms with E-state index in [9.17, 15) is 4.39 Å². The molecule has 2 aliphatic rings. The van der Waals surface area contributed by atoms with Gasteiger partial charge in [0.25, 0.3) is 0 Å². The number of nitrogens with one attached hydrogen (secondary N) is 1. The third-order valence-corrected chi connectivity index (χ3v) is 6.48. The first-order valence-electron chi connectivity index (χ1n) is 10.1. The lowest BCUT2D eigenvalue weighted by Gasteiger charge is -2.50. The number of hydrogen-bond acceptors (Lipinski definition) is 3. The van der Waals surface area contributed by atoms with Crippen LogP contribution in [0.3, 0.4) is 0 Å². The summed E-state index contributed by atoms with van der Waals surface area (Å²) in [6.45, 7) is 4.26. The van der Waals surface area contributed by atoms with Crippen molar-refractivity contribution >= 4 is 0 Å². The van der Waals surface area contributed by atoms with Gasteiger partial charge in [0.05, 0.1) is 7.11 Å². The Balaban J connectivity index is 1.61. The molecule has 1 aliphatic heterocycles. The fourth-order valence-electron chi connectivity index (χ4n) is 4.96. The predicted octanol–water partition coefficient (Wildman–Crippen LogP) is 4.29. The van der Waals surface area contributed by atoms with E-state index in [1.807, 2.05) is 18.2 Å². The third-order valence-electron chi connectivity index (χ3n) is 6.48. The van der Waals surface area contributed by atoms with E-state index in [1.165, 1.54) is 11.1 Å². The van der Waals surface area contributed by atoms with Gasteiger partial charge in [-0.15, -0.1) is 0 Å². The van der Waals surface area contributed by atoms with Gasteiger partial charge >= 0.3 is 0 Å². The Morgan fingerprint density at radius 2 is 1.74 bits per heavy atom. The molecule has 0 amide bonds. The number of methoxy groups -OCH3 is 1. The van der Waals surface area contributed by atoms with Crippen molar-refractivity contribution < 1.29 is 9.13 Å². The Labute approximate surface area is 161 Å². The molecule has 0 radical (unpaired) electrons. The summed E-state index contributed by atoms with van der Waals surface area (Å²) in [6, 6.07) is 15.7. The van der Waals surface area contributed by atoms with E-state index in [-0.39, 0.29) is 11.4 Å². The van der Waals surface area contributed by atoms with Crippen molar-refractivity contribution in [1.29, 1.82) is 0 Å². The average molecular weight is 368 g/mol. The van der Waals surface area contributed by atoms with E-state index in [1.54, 1.807) is 19.2 Å². The third kappa shape index (κ3) is 3.74. The molecule has 2 aromatic carbocycles. The van der Waals surface area contributed by atoms with Crippen LogP contribution < -0.4 is 10.1 Å². The monoisotopic (exact) mass is 368 g/mol. The average Bonchev–Trinajstić information content (AvgIpc) is 2.75. The standard InChI is InChI=1S/C23H29FN2O/c1-27-22-4-2-3-20(17-22)23(26-15-13-25-14-16-26)11-9-19(10-12-23)18-5-7-21(24)8-6-18/h2-8,17,19,25H,9-16H2,1H3. The van der Waals surface area contributed by atoms with Crippen LogP contribution in [-0.2, 0) is 5.54 Å². The molecule has 2 fully saturated rings. The molecule has 27 heavy (non-hydrogen) atoms. The van der Waals surface area contributed by atoms with Gasteiger partial charge in [-0.3, -0.25) is 4.90 Å². The minimum atomic E-state index is -0.152. The zero-order valence-corrected chi connectivity index (χ0v) is 16.1. The fraction of sp³-hybridized carbons (Fsp3) is 0.478. The highest BCUT2D eigenvalue weighted by atomic mass is 19.1. The summed E-state index contributed by atoms with van der Waals surface area (Å²) in [5.74, 6) is 1.30. The first kappa shape index (κ1) is 18.5. The largest absolute Gasteiger partial charge is 0.497 e. The minimum Gasteiger partial charge on any atom is -0.497 e. The number of hydrogen-bond donors (Lipinski definition) is 1. The summed E-state index contributed by atoms with van der Waals surface area (Å²) in [6.07, 6.45) is 4.52. The Morgan fingerprint density at radius 3 is 2.41 bits per heavy atom. The second kappa shape index (κ2) is 7.99. The summed E-state index contributed by atoms with van der Waals surface area (Å²) in [5.41, 5.74) is 2.73. The molecule has 0 unspecified atom stereocenters. The maximum atomic E-state index is 13.3. The van der Waals surface area contributed by atoms with Gasteiger partial charge < -0.3 is 10.1 Å². The summed E-state index contributed by atoms with van der Waals surface area (Å²) < 4.78 is 18.8. The van der Waals surface area contributed by atoms with Gasteiger partial charge in [-0.2, -0.15) is 0 Å². The van der Waals surface area contributed by atoms with Crippen molar-refractivity contribution in [3.63, 3.8) is 0 Å². The van der Waals surface area contributed by atoms with Gasteiger partial charge in [0.2, 0.25) is 0 Å². The van der Waals surface area contributed by atoms with Crippen LogP contribution in [0.15, 0.2) is 48.5 Å². The number of halogens is 1. The lowest BCUT2D eigenvalue weighted by Crippen LogP contribution is -2.55. The molecule has 144 valence electrons. The fourth-order valence-corrected chi connectivity index (χ4v) is 4.96. The SMILES string of the molecule is COc1cccc(C2(N3CCNCC3)CCC(c3ccc(F)cc3)CC2)c1. The topological polar surface area (TPSA) is 24.5 Å². The number of piperazine rings is 1. The Morgan fingerprint density at radius 1 is 1.04 bits per heavy atom. The molecule has 0 aromatic heterocycles. The van der Waals surface area contributed by atoms with E-state index in [2.05, 4.69) is 28.4 Å². The predicted molar refractivity (Wildman–Crippen MR) is 107 cm³/mol. The molecule has 1 saturated heterocycles. The van der Waals surface area contributed by atoms with E-state index in [0.29, 0.717) is 5.92 Å². The normalized spacial score (nSPS) is 26.7. The molecule has 1 saturated carbocycles. The number of rotatable bonds is 4. The van der Waals surface area contributed by atoms with Crippen molar-refractivity contribution in [2.75, 3.05) is 33.3 Å². The highest BCUT2D eigenvalue weighted by Gasteiger charge is 2.42. The highest BCUT2D eigenvalue weighted by Crippen LogP contribution is 2.47. The summed E-state index contributed by atoms with van der Waals surface area (Å²) >= 11 is 0. The van der Waals surface area contributed by atoms with E-state index in [0.717, 1.165) is 57.6 Å². The highest BCUT2D eigenvalue weighted by molar-refractivity contribution is 5.35. The lowest BCUT2D eigenvalue weighted by atomic mass is 9.70. The van der Waals surface area contributed by atoms with Crippen molar-refractivity contribution in [3.8, 4) is 5.75 Å². The Hall–Kier alpha value is -1.91. The second-order valence-corrected chi connectivity index (χ2v) is 7.83. The van der Waals surface area contributed by atoms with Crippen LogP contribution in [0.2, 0.25) is 0 Å². The summed E-state index contributed by atoms with van der Waals surface area (Å²) in [5, 5.41) is 3.48. The van der Waals surface area contributed by atoms with E-state index >= 15 is 0 Å². The molecular weight excluding hydrogens is 339 g/mol. The van der Waals surface area contributed by atoms with Crippen molar-refractivity contribution in [2.45, 2.75) is 37.1 Å².